The van der Waals surface area contributed by atoms with Crippen molar-refractivity contribution in [1.29, 1.82) is 0 Å². The molecule has 0 radical (unpaired) electrons. The molecule has 1 heterocycles. The van der Waals surface area contributed by atoms with Gasteiger partial charge in [0.15, 0.2) is 0 Å². The van der Waals surface area contributed by atoms with Gasteiger partial charge in [-0.1, -0.05) is 12.8 Å². The Labute approximate surface area is 83.8 Å². The van der Waals surface area contributed by atoms with Crippen LogP contribution in [0.5, 0.6) is 0 Å². The Morgan fingerprint density at radius 1 is 1.36 bits per heavy atom. The quantitative estimate of drug-likeness (QED) is 0.711. The molecule has 0 aromatic rings. The van der Waals surface area contributed by atoms with Gasteiger partial charge in [0.1, 0.15) is 6.04 Å². The maximum absolute atomic E-state index is 11.0. The summed E-state index contributed by atoms with van der Waals surface area (Å²) in [6.45, 7) is 1.81. The summed E-state index contributed by atoms with van der Waals surface area (Å²) in [6, 6.07) is 0.0758. The Morgan fingerprint density at radius 3 is 2.71 bits per heavy atom. The van der Waals surface area contributed by atoms with E-state index >= 15 is 0 Å². The summed E-state index contributed by atoms with van der Waals surface area (Å²) in [5, 5.41) is 9.05. The van der Waals surface area contributed by atoms with E-state index in [0.29, 0.717) is 19.3 Å². The molecule has 0 bridgehead atoms. The number of morpholine rings is 1. The molecule has 1 saturated carbocycles. The van der Waals surface area contributed by atoms with Gasteiger partial charge in [0.2, 0.25) is 0 Å². The molecule has 14 heavy (non-hydrogen) atoms. The highest BCUT2D eigenvalue weighted by Crippen LogP contribution is 2.26. The first-order valence-electron chi connectivity index (χ1n) is 5.35. The largest absolute Gasteiger partial charge is 0.480 e. The van der Waals surface area contributed by atoms with Crippen LogP contribution in [-0.4, -0.2) is 47.8 Å². The average molecular weight is 199 g/mol. The van der Waals surface area contributed by atoms with E-state index in [1.165, 1.54) is 12.8 Å². The topological polar surface area (TPSA) is 49.8 Å². The number of carboxylic acid groups (broad SMARTS) is 1. The van der Waals surface area contributed by atoms with Crippen LogP contribution in [0.4, 0.5) is 0 Å². The lowest BCUT2D eigenvalue weighted by atomic mass is 10.1. The van der Waals surface area contributed by atoms with Gasteiger partial charge in [-0.3, -0.25) is 9.69 Å². The van der Waals surface area contributed by atoms with Crippen molar-refractivity contribution in [2.45, 2.75) is 37.8 Å². The summed E-state index contributed by atoms with van der Waals surface area (Å²) in [5.74, 6) is -0.739. The summed E-state index contributed by atoms with van der Waals surface area (Å²) in [4.78, 5) is 13.1. The smallest absolute Gasteiger partial charge is 0.323 e. The van der Waals surface area contributed by atoms with Crippen molar-refractivity contribution in [2.75, 3.05) is 19.8 Å². The molecular formula is C10H17NO3. The number of hydrogen-bond donors (Lipinski definition) is 1. The maximum Gasteiger partial charge on any atom is 0.323 e. The molecule has 80 valence electrons. The van der Waals surface area contributed by atoms with Crippen molar-refractivity contribution < 1.29 is 14.6 Å². The lowest BCUT2D eigenvalue weighted by molar-refractivity contribution is -0.151. The van der Waals surface area contributed by atoms with E-state index in [-0.39, 0.29) is 0 Å². The number of hydrogen-bond acceptors (Lipinski definition) is 3. The van der Waals surface area contributed by atoms with Gasteiger partial charge in [-0.2, -0.15) is 0 Å². The van der Waals surface area contributed by atoms with Gasteiger partial charge in [0.25, 0.3) is 0 Å². The fraction of sp³-hybridized carbons (Fsp3) is 0.900. The summed E-state index contributed by atoms with van der Waals surface area (Å²) in [7, 11) is 0. The Hall–Kier alpha value is -0.610. The van der Waals surface area contributed by atoms with Crippen molar-refractivity contribution in [2.24, 2.45) is 0 Å². The van der Waals surface area contributed by atoms with E-state index in [1.54, 1.807) is 0 Å². The summed E-state index contributed by atoms with van der Waals surface area (Å²) >= 11 is 0. The van der Waals surface area contributed by atoms with E-state index in [2.05, 4.69) is 4.90 Å². The van der Waals surface area contributed by atoms with Crippen LogP contribution in [0.25, 0.3) is 0 Å². The third kappa shape index (κ3) is 1.91. The molecule has 1 atom stereocenters. The molecule has 4 heteroatoms. The zero-order valence-corrected chi connectivity index (χ0v) is 8.32. The van der Waals surface area contributed by atoms with Gasteiger partial charge in [0, 0.05) is 12.6 Å². The third-order valence-electron chi connectivity index (χ3n) is 3.25. The van der Waals surface area contributed by atoms with E-state index in [0.717, 1.165) is 19.4 Å². The molecule has 1 aliphatic carbocycles. The molecule has 0 amide bonds. The molecule has 0 aromatic heterocycles. The number of aliphatic carboxylic acids is 1. The number of carbonyl (C=O) groups is 1. The molecule has 1 N–H and O–H groups in total. The molecule has 0 spiro atoms. The van der Waals surface area contributed by atoms with Crippen molar-refractivity contribution in [1.82, 2.24) is 4.90 Å². The second-order valence-corrected chi connectivity index (χ2v) is 4.11. The van der Waals surface area contributed by atoms with Gasteiger partial charge < -0.3 is 9.84 Å². The Kier molecular flexibility index (Phi) is 3.03. The average Bonchev–Trinajstić information content (AvgIpc) is 2.70. The summed E-state index contributed by atoms with van der Waals surface area (Å²) < 4.78 is 5.21. The molecule has 1 aliphatic heterocycles. The van der Waals surface area contributed by atoms with Crippen molar-refractivity contribution in [3.8, 4) is 0 Å². The first kappa shape index (κ1) is 9.93. The van der Waals surface area contributed by atoms with Crippen LogP contribution in [0.3, 0.4) is 0 Å². The monoisotopic (exact) mass is 199 g/mol. The minimum Gasteiger partial charge on any atom is -0.480 e. The van der Waals surface area contributed by atoms with Crippen LogP contribution >= 0.6 is 0 Å². The normalized spacial score (nSPS) is 30.7. The Morgan fingerprint density at radius 2 is 2.07 bits per heavy atom. The third-order valence-corrected chi connectivity index (χ3v) is 3.25. The molecule has 0 aromatic carbocycles. The Bertz CT molecular complexity index is 213. The zero-order valence-electron chi connectivity index (χ0n) is 8.32. The first-order chi connectivity index (χ1) is 6.79. The van der Waals surface area contributed by atoms with Gasteiger partial charge >= 0.3 is 5.97 Å². The first-order valence-corrected chi connectivity index (χ1v) is 5.35. The van der Waals surface area contributed by atoms with Crippen LogP contribution < -0.4 is 0 Å². The highest BCUT2D eigenvalue weighted by Gasteiger charge is 2.35. The fourth-order valence-electron chi connectivity index (χ4n) is 2.50. The van der Waals surface area contributed by atoms with Crippen molar-refractivity contribution >= 4 is 5.97 Å². The second-order valence-electron chi connectivity index (χ2n) is 4.11. The fourth-order valence-corrected chi connectivity index (χ4v) is 2.50. The van der Waals surface area contributed by atoms with E-state index < -0.39 is 12.0 Å². The highest BCUT2D eigenvalue weighted by atomic mass is 16.5. The number of ether oxygens (including phenoxy) is 1. The van der Waals surface area contributed by atoms with E-state index in [9.17, 15) is 4.79 Å². The van der Waals surface area contributed by atoms with Crippen LogP contribution in [0.1, 0.15) is 25.7 Å². The SMILES string of the molecule is O=C(O)[C@H]1COCCN1C1CCCC1. The predicted molar refractivity (Wildman–Crippen MR) is 51.2 cm³/mol. The standard InChI is InChI=1S/C10H17NO3/c12-10(13)9-7-14-6-5-11(9)8-3-1-2-4-8/h8-9H,1-7H2,(H,12,13)/t9-/m1/s1. The minimum atomic E-state index is -0.739. The lowest BCUT2D eigenvalue weighted by Gasteiger charge is -2.37. The van der Waals surface area contributed by atoms with Crippen LogP contribution in [-0.2, 0) is 9.53 Å². The molecule has 0 unspecified atom stereocenters. The van der Waals surface area contributed by atoms with Gasteiger partial charge in [0.05, 0.1) is 13.2 Å². The minimum absolute atomic E-state index is 0.353. The maximum atomic E-state index is 11.0. The Balaban J connectivity index is 2.01. The molecule has 4 nitrogen and oxygen atoms in total. The van der Waals surface area contributed by atoms with Crippen LogP contribution in [0.15, 0.2) is 0 Å². The van der Waals surface area contributed by atoms with Gasteiger partial charge in [-0.05, 0) is 12.8 Å². The van der Waals surface area contributed by atoms with Crippen LogP contribution in [0, 0.1) is 0 Å². The van der Waals surface area contributed by atoms with E-state index in [1.807, 2.05) is 0 Å². The van der Waals surface area contributed by atoms with Gasteiger partial charge in [-0.25, -0.2) is 0 Å². The predicted octanol–water partition coefficient (Wildman–Crippen LogP) is 0.714. The zero-order chi connectivity index (χ0) is 9.97. The molecule has 1 saturated heterocycles. The molecule has 2 fully saturated rings. The summed E-state index contributed by atoms with van der Waals surface area (Å²) in [5.41, 5.74) is 0. The number of nitrogens with zero attached hydrogens (tertiary/aromatic N) is 1. The molecule has 2 aliphatic rings. The number of carboxylic acids is 1. The van der Waals surface area contributed by atoms with Crippen molar-refractivity contribution in [3.63, 3.8) is 0 Å². The van der Waals surface area contributed by atoms with Crippen LogP contribution in [0.2, 0.25) is 0 Å². The molecule has 2 rings (SSSR count). The molecular weight excluding hydrogens is 182 g/mol. The second kappa shape index (κ2) is 4.28. The highest BCUT2D eigenvalue weighted by molar-refractivity contribution is 5.73. The number of rotatable bonds is 2. The van der Waals surface area contributed by atoms with E-state index in [4.69, 9.17) is 9.84 Å². The lowest BCUT2D eigenvalue weighted by Crippen LogP contribution is -2.53. The van der Waals surface area contributed by atoms with Crippen molar-refractivity contribution in [3.05, 3.63) is 0 Å². The summed E-state index contributed by atoms with van der Waals surface area (Å²) in [6.07, 6.45) is 4.80. The van der Waals surface area contributed by atoms with Gasteiger partial charge in [-0.15, -0.1) is 0 Å².